The highest BCUT2D eigenvalue weighted by Crippen LogP contribution is 2.30. The Balaban J connectivity index is 2.07. The first-order valence-corrected chi connectivity index (χ1v) is 5.30. The fraction of sp³-hybridized carbons (Fsp3) is 0.364. The summed E-state index contributed by atoms with van der Waals surface area (Å²) in [5.41, 5.74) is 5.92. The molecule has 0 radical (unpaired) electrons. The van der Waals surface area contributed by atoms with E-state index in [2.05, 4.69) is 0 Å². The average Bonchev–Trinajstić information content (AvgIpc) is 2.99. The van der Waals surface area contributed by atoms with Gasteiger partial charge in [0.15, 0.2) is 11.6 Å². The van der Waals surface area contributed by atoms with E-state index in [0.29, 0.717) is 18.1 Å². The maximum absolute atomic E-state index is 13.4. The summed E-state index contributed by atoms with van der Waals surface area (Å²) in [7, 11) is 0. The van der Waals surface area contributed by atoms with E-state index in [1.54, 1.807) is 12.1 Å². The Morgan fingerprint density at radius 3 is 2.80 bits per heavy atom. The van der Waals surface area contributed by atoms with E-state index >= 15 is 0 Å². The first-order valence-electron chi connectivity index (χ1n) is 4.89. The third kappa shape index (κ3) is 2.65. The Bertz CT molecular complexity index is 390. The van der Waals surface area contributed by atoms with Crippen molar-refractivity contribution in [2.45, 2.75) is 12.8 Å². The van der Waals surface area contributed by atoms with Gasteiger partial charge in [0.25, 0.3) is 0 Å². The van der Waals surface area contributed by atoms with Crippen LogP contribution in [0, 0.1) is 11.7 Å². The molecule has 0 amide bonds. The highest BCUT2D eigenvalue weighted by molar-refractivity contribution is 7.80. The predicted molar refractivity (Wildman–Crippen MR) is 60.5 cm³/mol. The number of benzene rings is 1. The summed E-state index contributed by atoms with van der Waals surface area (Å²) in [6, 6.07) is 4.56. The molecule has 2 nitrogen and oxygen atoms in total. The third-order valence-electron chi connectivity index (χ3n) is 2.39. The van der Waals surface area contributed by atoms with Gasteiger partial charge in [-0.3, -0.25) is 0 Å². The zero-order valence-corrected chi connectivity index (χ0v) is 9.02. The second-order valence-electron chi connectivity index (χ2n) is 3.76. The Morgan fingerprint density at radius 1 is 1.53 bits per heavy atom. The van der Waals surface area contributed by atoms with Crippen molar-refractivity contribution in [3.63, 3.8) is 0 Å². The van der Waals surface area contributed by atoms with Crippen LogP contribution in [0.3, 0.4) is 0 Å². The van der Waals surface area contributed by atoms with Crippen molar-refractivity contribution >= 4 is 17.2 Å². The minimum Gasteiger partial charge on any atom is -0.490 e. The Kier molecular flexibility index (Phi) is 2.86. The molecule has 1 aliphatic carbocycles. The first kappa shape index (κ1) is 10.4. The van der Waals surface area contributed by atoms with Crippen LogP contribution in [0.25, 0.3) is 0 Å². The second kappa shape index (κ2) is 4.14. The molecule has 2 N–H and O–H groups in total. The van der Waals surface area contributed by atoms with Gasteiger partial charge in [-0.05, 0) is 37.0 Å². The lowest BCUT2D eigenvalue weighted by molar-refractivity contribution is 0.285. The minimum absolute atomic E-state index is 0.197. The summed E-state index contributed by atoms with van der Waals surface area (Å²) in [6.45, 7) is 0.601. The average molecular weight is 225 g/mol. The van der Waals surface area contributed by atoms with Gasteiger partial charge in [-0.25, -0.2) is 4.39 Å². The molecule has 0 aromatic heterocycles. The molecule has 1 saturated carbocycles. The zero-order chi connectivity index (χ0) is 10.8. The summed E-state index contributed by atoms with van der Waals surface area (Å²) in [6.07, 6.45) is 2.37. The van der Waals surface area contributed by atoms with Crippen LogP contribution >= 0.6 is 12.2 Å². The van der Waals surface area contributed by atoms with Crippen LogP contribution in [0.4, 0.5) is 4.39 Å². The van der Waals surface area contributed by atoms with Crippen LogP contribution in [0.2, 0.25) is 0 Å². The maximum atomic E-state index is 13.4. The number of hydrogen-bond donors (Lipinski definition) is 1. The van der Waals surface area contributed by atoms with Crippen LogP contribution in [-0.2, 0) is 0 Å². The van der Waals surface area contributed by atoms with Gasteiger partial charge in [0.1, 0.15) is 4.99 Å². The number of ether oxygens (including phenoxy) is 1. The molecular formula is C11H12FNOS. The maximum Gasteiger partial charge on any atom is 0.165 e. The number of halogens is 1. The monoisotopic (exact) mass is 225 g/mol. The molecule has 4 heteroatoms. The molecule has 0 atom stereocenters. The quantitative estimate of drug-likeness (QED) is 0.798. The molecule has 15 heavy (non-hydrogen) atoms. The number of thiocarbonyl (C=S) groups is 1. The van der Waals surface area contributed by atoms with Gasteiger partial charge in [-0.2, -0.15) is 0 Å². The van der Waals surface area contributed by atoms with Gasteiger partial charge in [0.05, 0.1) is 6.61 Å². The van der Waals surface area contributed by atoms with Crippen molar-refractivity contribution in [1.82, 2.24) is 0 Å². The van der Waals surface area contributed by atoms with Crippen molar-refractivity contribution in [2.75, 3.05) is 6.61 Å². The van der Waals surface area contributed by atoms with Crippen molar-refractivity contribution in [1.29, 1.82) is 0 Å². The highest BCUT2D eigenvalue weighted by Gasteiger charge is 2.22. The Labute approximate surface area is 93.2 Å². The summed E-state index contributed by atoms with van der Waals surface area (Å²) < 4.78 is 18.8. The van der Waals surface area contributed by atoms with Crippen LogP contribution in [-0.4, -0.2) is 11.6 Å². The number of nitrogens with two attached hydrogens (primary N) is 1. The minimum atomic E-state index is -0.402. The Hall–Kier alpha value is -1.16. The normalized spacial score (nSPS) is 15.0. The van der Waals surface area contributed by atoms with Gasteiger partial charge in [0, 0.05) is 5.56 Å². The van der Waals surface area contributed by atoms with Gasteiger partial charge in [0.2, 0.25) is 0 Å². The van der Waals surface area contributed by atoms with E-state index in [4.69, 9.17) is 22.7 Å². The lowest BCUT2D eigenvalue weighted by Gasteiger charge is -2.07. The number of hydrogen-bond acceptors (Lipinski definition) is 2. The van der Waals surface area contributed by atoms with E-state index < -0.39 is 5.82 Å². The molecule has 0 unspecified atom stereocenters. The molecule has 0 saturated heterocycles. The van der Waals surface area contributed by atoms with E-state index in [1.165, 1.54) is 18.9 Å². The summed E-state index contributed by atoms with van der Waals surface area (Å²) >= 11 is 4.75. The molecule has 1 aromatic carbocycles. The van der Waals surface area contributed by atoms with E-state index in [-0.39, 0.29) is 10.7 Å². The zero-order valence-electron chi connectivity index (χ0n) is 8.20. The molecule has 1 fully saturated rings. The van der Waals surface area contributed by atoms with Crippen molar-refractivity contribution < 1.29 is 9.13 Å². The van der Waals surface area contributed by atoms with E-state index in [1.807, 2.05) is 0 Å². The summed E-state index contributed by atoms with van der Waals surface area (Å²) in [5.74, 6) is 0.488. The van der Waals surface area contributed by atoms with Crippen LogP contribution < -0.4 is 10.5 Å². The fourth-order valence-corrected chi connectivity index (χ4v) is 1.39. The molecule has 0 spiro atoms. The van der Waals surface area contributed by atoms with Crippen LogP contribution in [0.15, 0.2) is 18.2 Å². The molecule has 0 bridgehead atoms. The lowest BCUT2D eigenvalue weighted by Crippen LogP contribution is -2.10. The second-order valence-corrected chi connectivity index (χ2v) is 4.20. The van der Waals surface area contributed by atoms with Crippen molar-refractivity contribution in [3.8, 4) is 5.75 Å². The van der Waals surface area contributed by atoms with Gasteiger partial charge >= 0.3 is 0 Å². The highest BCUT2D eigenvalue weighted by atomic mass is 32.1. The van der Waals surface area contributed by atoms with Gasteiger partial charge < -0.3 is 10.5 Å². The van der Waals surface area contributed by atoms with E-state index in [0.717, 1.165) is 0 Å². The summed E-state index contributed by atoms with van der Waals surface area (Å²) in [5, 5.41) is 0. The van der Waals surface area contributed by atoms with Crippen molar-refractivity contribution in [3.05, 3.63) is 29.6 Å². The topological polar surface area (TPSA) is 35.2 Å². The predicted octanol–water partition coefficient (Wildman–Crippen LogP) is 2.25. The molecule has 0 aliphatic heterocycles. The van der Waals surface area contributed by atoms with Gasteiger partial charge in [-0.1, -0.05) is 12.2 Å². The number of rotatable bonds is 4. The van der Waals surface area contributed by atoms with Gasteiger partial charge in [-0.15, -0.1) is 0 Å². The largest absolute Gasteiger partial charge is 0.490 e. The van der Waals surface area contributed by atoms with Crippen LogP contribution in [0.1, 0.15) is 18.4 Å². The smallest absolute Gasteiger partial charge is 0.165 e. The first-order chi connectivity index (χ1) is 7.16. The molecule has 1 aliphatic rings. The standard InChI is InChI=1S/C11H12FNOS/c12-9-5-8(11(13)15)3-4-10(9)14-6-7-1-2-7/h3-5,7H,1-2,6H2,(H2,13,15). The fourth-order valence-electron chi connectivity index (χ4n) is 1.26. The molecule has 2 rings (SSSR count). The SMILES string of the molecule is NC(=S)c1ccc(OCC2CC2)c(F)c1. The molecular weight excluding hydrogens is 213 g/mol. The Morgan fingerprint density at radius 2 is 2.27 bits per heavy atom. The third-order valence-corrected chi connectivity index (χ3v) is 2.62. The molecule has 0 heterocycles. The van der Waals surface area contributed by atoms with E-state index in [9.17, 15) is 4.39 Å². The summed E-state index contributed by atoms with van der Waals surface area (Å²) in [4.78, 5) is 0.197. The lowest BCUT2D eigenvalue weighted by atomic mass is 10.2. The van der Waals surface area contributed by atoms with Crippen molar-refractivity contribution in [2.24, 2.45) is 11.7 Å². The molecule has 1 aromatic rings. The van der Waals surface area contributed by atoms with Crippen LogP contribution in [0.5, 0.6) is 5.75 Å². The molecule has 80 valence electrons.